The Bertz CT molecular complexity index is 382. The molecule has 0 bridgehead atoms. The van der Waals surface area contributed by atoms with Crippen molar-refractivity contribution in [3.05, 3.63) is 0 Å². The Morgan fingerprint density at radius 1 is 1.40 bits per heavy atom. The van der Waals surface area contributed by atoms with Gasteiger partial charge in [0.1, 0.15) is 0 Å². The predicted octanol–water partition coefficient (Wildman–Crippen LogP) is 1.66. The van der Waals surface area contributed by atoms with Gasteiger partial charge in [0.05, 0.1) is 0 Å². The molecular weight excluding hydrogens is 216 g/mol. The van der Waals surface area contributed by atoms with Crippen molar-refractivity contribution in [1.82, 2.24) is 0 Å². The molecule has 0 aliphatic heterocycles. The van der Waals surface area contributed by atoms with Crippen LogP contribution in [-0.4, -0.2) is 23.5 Å². The molecule has 1 fully saturated rings. The summed E-state index contributed by atoms with van der Waals surface area (Å²) in [6, 6.07) is 0. The van der Waals surface area contributed by atoms with Crippen LogP contribution in [0.5, 0.6) is 0 Å². The van der Waals surface area contributed by atoms with E-state index in [0.717, 1.165) is 6.42 Å². The fourth-order valence-corrected chi connectivity index (χ4v) is 3.76. The quantitative estimate of drug-likeness (QED) is 0.737. The second kappa shape index (κ2) is 3.28. The lowest BCUT2D eigenvalue weighted by atomic mass is 9.74. The summed E-state index contributed by atoms with van der Waals surface area (Å²) in [5.74, 6) is -0.362. The van der Waals surface area contributed by atoms with Gasteiger partial charge in [0, 0.05) is 6.42 Å². The molecule has 0 spiro atoms. The summed E-state index contributed by atoms with van der Waals surface area (Å²) < 4.78 is 30.4. The van der Waals surface area contributed by atoms with Gasteiger partial charge in [0.2, 0.25) is 0 Å². The molecule has 0 aromatic carbocycles. The second-order valence-electron chi connectivity index (χ2n) is 4.96. The second-order valence-corrected chi connectivity index (χ2v) is 6.73. The summed E-state index contributed by atoms with van der Waals surface area (Å²) in [7, 11) is -4.35. The third kappa shape index (κ3) is 1.44. The van der Waals surface area contributed by atoms with Crippen LogP contribution >= 0.6 is 0 Å². The van der Waals surface area contributed by atoms with E-state index in [-0.39, 0.29) is 18.1 Å². The number of carbonyl (C=O) groups excluding carboxylic acids is 1. The maximum atomic E-state index is 11.8. The first-order chi connectivity index (χ1) is 6.59. The largest absolute Gasteiger partial charge is 0.298 e. The molecule has 0 amide bonds. The summed E-state index contributed by atoms with van der Waals surface area (Å²) in [5.41, 5.74) is -0.716. The van der Waals surface area contributed by atoms with Gasteiger partial charge in [-0.15, -0.1) is 0 Å². The molecule has 0 saturated heterocycles. The molecule has 0 aromatic rings. The van der Waals surface area contributed by atoms with E-state index in [1.807, 2.05) is 6.92 Å². The monoisotopic (exact) mass is 234 g/mol. The highest BCUT2D eigenvalue weighted by molar-refractivity contribution is 7.88. The zero-order valence-corrected chi connectivity index (χ0v) is 10.4. The van der Waals surface area contributed by atoms with Crippen molar-refractivity contribution < 1.29 is 17.8 Å². The van der Waals surface area contributed by atoms with Gasteiger partial charge in [0.25, 0.3) is 10.1 Å². The summed E-state index contributed by atoms with van der Waals surface area (Å²) in [5, 5.41) is 0. The Morgan fingerprint density at radius 2 is 1.87 bits per heavy atom. The van der Waals surface area contributed by atoms with Crippen molar-refractivity contribution in [3.63, 3.8) is 0 Å². The van der Waals surface area contributed by atoms with E-state index in [0.29, 0.717) is 0 Å². The molecule has 15 heavy (non-hydrogen) atoms. The number of rotatable bonds is 2. The molecule has 1 aliphatic rings. The highest BCUT2D eigenvalue weighted by Crippen LogP contribution is 2.52. The number of carbonyl (C=O) groups is 1. The van der Waals surface area contributed by atoms with E-state index in [1.54, 1.807) is 13.8 Å². The van der Waals surface area contributed by atoms with Crippen LogP contribution < -0.4 is 0 Å². The molecule has 0 radical (unpaired) electrons. The maximum Gasteiger partial charge on any atom is 0.278 e. The van der Waals surface area contributed by atoms with E-state index in [1.165, 1.54) is 6.92 Å². The van der Waals surface area contributed by atoms with Crippen LogP contribution in [0.15, 0.2) is 0 Å². The SMILES string of the molecule is CCC1CC(=O)C(C)(S(=O)(=O)O)C1(C)C. The van der Waals surface area contributed by atoms with Gasteiger partial charge in [-0.1, -0.05) is 27.2 Å². The molecule has 1 saturated carbocycles. The van der Waals surface area contributed by atoms with E-state index in [9.17, 15) is 17.8 Å². The van der Waals surface area contributed by atoms with Crippen molar-refractivity contribution in [1.29, 1.82) is 0 Å². The number of Topliss-reactive ketones (excluding diaryl/α,β-unsaturated/α-hetero) is 1. The Morgan fingerprint density at radius 3 is 2.07 bits per heavy atom. The molecular formula is C10H18O4S. The van der Waals surface area contributed by atoms with Gasteiger partial charge in [-0.05, 0) is 18.3 Å². The zero-order valence-electron chi connectivity index (χ0n) is 9.57. The summed E-state index contributed by atoms with van der Waals surface area (Å²) in [4.78, 5) is 11.8. The molecule has 5 heteroatoms. The molecule has 88 valence electrons. The van der Waals surface area contributed by atoms with E-state index in [4.69, 9.17) is 0 Å². The van der Waals surface area contributed by atoms with Crippen molar-refractivity contribution in [2.45, 2.75) is 45.3 Å². The highest BCUT2D eigenvalue weighted by atomic mass is 32.2. The fraction of sp³-hybridized carbons (Fsp3) is 0.900. The Labute approximate surface area is 90.8 Å². The Balaban J connectivity index is 3.38. The van der Waals surface area contributed by atoms with Crippen molar-refractivity contribution in [3.8, 4) is 0 Å². The molecule has 1 aliphatic carbocycles. The van der Waals surface area contributed by atoms with Crippen LogP contribution in [0.1, 0.15) is 40.5 Å². The van der Waals surface area contributed by atoms with Crippen LogP contribution in [0.4, 0.5) is 0 Å². The third-order valence-corrected chi connectivity index (χ3v) is 6.01. The van der Waals surface area contributed by atoms with Gasteiger partial charge in [-0.3, -0.25) is 9.35 Å². The average Bonchev–Trinajstić information content (AvgIpc) is 2.25. The van der Waals surface area contributed by atoms with Crippen LogP contribution in [0, 0.1) is 11.3 Å². The highest BCUT2D eigenvalue weighted by Gasteiger charge is 2.63. The number of ketones is 1. The Hall–Kier alpha value is -0.420. The van der Waals surface area contributed by atoms with Gasteiger partial charge >= 0.3 is 0 Å². The van der Waals surface area contributed by atoms with Gasteiger partial charge < -0.3 is 0 Å². The maximum absolute atomic E-state index is 11.8. The Kier molecular flexibility index (Phi) is 2.77. The molecule has 0 heterocycles. The van der Waals surface area contributed by atoms with Crippen molar-refractivity contribution >= 4 is 15.9 Å². The smallest absolute Gasteiger partial charge is 0.278 e. The third-order valence-electron chi connectivity index (χ3n) is 4.22. The molecule has 2 unspecified atom stereocenters. The van der Waals surface area contributed by atoms with Crippen molar-refractivity contribution in [2.24, 2.45) is 11.3 Å². The van der Waals surface area contributed by atoms with Crippen LogP contribution in [-0.2, 0) is 14.9 Å². The summed E-state index contributed by atoms with van der Waals surface area (Å²) in [6.45, 7) is 6.73. The summed E-state index contributed by atoms with van der Waals surface area (Å²) in [6.07, 6.45) is 0.976. The van der Waals surface area contributed by atoms with Crippen LogP contribution in [0.3, 0.4) is 0 Å². The standard InChI is InChI=1S/C10H18O4S/c1-5-7-6-8(11)10(4,9(7,2)3)15(12,13)14/h7H,5-6H2,1-4H3,(H,12,13,14). The predicted molar refractivity (Wildman–Crippen MR) is 57.1 cm³/mol. The van der Waals surface area contributed by atoms with E-state index >= 15 is 0 Å². The lowest BCUT2D eigenvalue weighted by Crippen LogP contribution is -2.50. The minimum atomic E-state index is -4.35. The van der Waals surface area contributed by atoms with Gasteiger partial charge in [-0.2, -0.15) is 8.42 Å². The molecule has 2 atom stereocenters. The average molecular weight is 234 g/mol. The normalized spacial score (nSPS) is 35.8. The lowest BCUT2D eigenvalue weighted by Gasteiger charge is -2.37. The van der Waals surface area contributed by atoms with Crippen LogP contribution in [0.25, 0.3) is 0 Å². The van der Waals surface area contributed by atoms with Crippen molar-refractivity contribution in [2.75, 3.05) is 0 Å². The minimum absolute atomic E-state index is 0.0110. The van der Waals surface area contributed by atoms with Crippen LogP contribution in [0.2, 0.25) is 0 Å². The molecule has 1 rings (SSSR count). The molecule has 4 nitrogen and oxygen atoms in total. The topological polar surface area (TPSA) is 71.4 Å². The first-order valence-corrected chi connectivity index (χ1v) is 6.53. The molecule has 0 aromatic heterocycles. The first-order valence-electron chi connectivity index (χ1n) is 5.09. The molecule has 1 N–H and O–H groups in total. The summed E-state index contributed by atoms with van der Waals surface area (Å²) >= 11 is 0. The zero-order chi connectivity index (χ0) is 12.1. The van der Waals surface area contributed by atoms with E-state index in [2.05, 4.69) is 0 Å². The van der Waals surface area contributed by atoms with Gasteiger partial charge in [0.15, 0.2) is 10.5 Å². The minimum Gasteiger partial charge on any atom is -0.298 e. The fourth-order valence-electron chi connectivity index (χ4n) is 2.55. The lowest BCUT2D eigenvalue weighted by molar-refractivity contribution is -0.120. The number of hydrogen-bond donors (Lipinski definition) is 1. The van der Waals surface area contributed by atoms with Gasteiger partial charge in [-0.25, -0.2) is 0 Å². The first kappa shape index (κ1) is 12.6. The van der Waals surface area contributed by atoms with E-state index < -0.39 is 20.3 Å². The number of hydrogen-bond acceptors (Lipinski definition) is 3.